The molecule has 19 heavy (non-hydrogen) atoms. The summed E-state index contributed by atoms with van der Waals surface area (Å²) in [5.41, 5.74) is 2.88. The van der Waals surface area contributed by atoms with Crippen molar-refractivity contribution in [1.82, 2.24) is 10.3 Å². The third-order valence-electron chi connectivity index (χ3n) is 2.87. The number of rotatable bonds is 4. The maximum Gasteiger partial charge on any atom is 0.251 e. The standard InChI is InChI=1S/C15H15ClN2O/c1-2-11-3-5-12(6-4-11)10-18-15(19)13-7-8-17-14(16)9-13/h3-9H,2,10H2,1H3,(H,18,19). The van der Waals surface area contributed by atoms with E-state index < -0.39 is 0 Å². The zero-order valence-electron chi connectivity index (χ0n) is 10.7. The first-order valence-corrected chi connectivity index (χ1v) is 6.54. The lowest BCUT2D eigenvalue weighted by Crippen LogP contribution is -2.22. The Morgan fingerprint density at radius 2 is 1.89 bits per heavy atom. The van der Waals surface area contributed by atoms with Gasteiger partial charge in [0.1, 0.15) is 5.15 Å². The Balaban J connectivity index is 1.96. The molecule has 1 N–H and O–H groups in total. The average molecular weight is 275 g/mol. The second-order valence-electron chi connectivity index (χ2n) is 4.22. The third-order valence-corrected chi connectivity index (χ3v) is 3.08. The average Bonchev–Trinajstić information content (AvgIpc) is 2.45. The van der Waals surface area contributed by atoms with E-state index in [0.29, 0.717) is 17.3 Å². The molecule has 1 heterocycles. The van der Waals surface area contributed by atoms with Crippen LogP contribution in [0.1, 0.15) is 28.4 Å². The van der Waals surface area contributed by atoms with Crippen LogP contribution in [0.15, 0.2) is 42.6 Å². The zero-order chi connectivity index (χ0) is 13.7. The Hall–Kier alpha value is -1.87. The summed E-state index contributed by atoms with van der Waals surface area (Å²) in [6.07, 6.45) is 2.54. The van der Waals surface area contributed by atoms with E-state index in [1.54, 1.807) is 12.1 Å². The minimum absolute atomic E-state index is 0.149. The van der Waals surface area contributed by atoms with Crippen molar-refractivity contribution in [2.24, 2.45) is 0 Å². The highest BCUT2D eigenvalue weighted by Gasteiger charge is 2.05. The van der Waals surface area contributed by atoms with Gasteiger partial charge in [0, 0.05) is 18.3 Å². The second kappa shape index (κ2) is 6.34. The predicted octanol–water partition coefficient (Wildman–Crippen LogP) is 3.23. The fourth-order valence-corrected chi connectivity index (χ4v) is 1.89. The molecule has 0 fully saturated rings. The lowest BCUT2D eigenvalue weighted by molar-refractivity contribution is 0.0951. The van der Waals surface area contributed by atoms with Crippen LogP contribution < -0.4 is 5.32 Å². The van der Waals surface area contributed by atoms with E-state index in [-0.39, 0.29) is 5.91 Å². The number of hydrogen-bond acceptors (Lipinski definition) is 2. The van der Waals surface area contributed by atoms with Crippen molar-refractivity contribution in [2.75, 3.05) is 0 Å². The lowest BCUT2D eigenvalue weighted by Gasteiger charge is -2.06. The van der Waals surface area contributed by atoms with Gasteiger partial charge < -0.3 is 5.32 Å². The predicted molar refractivity (Wildman–Crippen MR) is 76.2 cm³/mol. The molecule has 1 aromatic heterocycles. The number of pyridine rings is 1. The number of nitrogens with one attached hydrogen (secondary N) is 1. The van der Waals surface area contributed by atoms with Crippen LogP contribution in [0.4, 0.5) is 0 Å². The number of carbonyl (C=O) groups excluding carboxylic acids is 1. The highest BCUT2D eigenvalue weighted by atomic mass is 35.5. The molecule has 0 aliphatic carbocycles. The Labute approximate surface area is 117 Å². The molecule has 3 nitrogen and oxygen atoms in total. The van der Waals surface area contributed by atoms with Crippen LogP contribution in [0.2, 0.25) is 5.15 Å². The van der Waals surface area contributed by atoms with Crippen LogP contribution in [0.5, 0.6) is 0 Å². The molecule has 2 rings (SSSR count). The molecule has 0 aliphatic rings. The van der Waals surface area contributed by atoms with Crippen LogP contribution in [-0.2, 0) is 13.0 Å². The van der Waals surface area contributed by atoms with Crippen LogP contribution in [0, 0.1) is 0 Å². The van der Waals surface area contributed by atoms with Gasteiger partial charge in [0.15, 0.2) is 0 Å². The zero-order valence-corrected chi connectivity index (χ0v) is 11.4. The van der Waals surface area contributed by atoms with Gasteiger partial charge in [-0.1, -0.05) is 42.8 Å². The number of aromatic nitrogens is 1. The lowest BCUT2D eigenvalue weighted by atomic mass is 10.1. The number of benzene rings is 1. The highest BCUT2D eigenvalue weighted by molar-refractivity contribution is 6.29. The summed E-state index contributed by atoms with van der Waals surface area (Å²) < 4.78 is 0. The maximum absolute atomic E-state index is 11.9. The highest BCUT2D eigenvalue weighted by Crippen LogP contribution is 2.08. The van der Waals surface area contributed by atoms with Crippen molar-refractivity contribution in [2.45, 2.75) is 19.9 Å². The number of nitrogens with zero attached hydrogens (tertiary/aromatic N) is 1. The molecule has 1 aromatic carbocycles. The first-order chi connectivity index (χ1) is 9.19. The largest absolute Gasteiger partial charge is 0.348 e. The van der Waals surface area contributed by atoms with Crippen molar-refractivity contribution in [3.05, 3.63) is 64.4 Å². The van der Waals surface area contributed by atoms with Gasteiger partial charge in [-0.15, -0.1) is 0 Å². The van der Waals surface area contributed by atoms with Crippen LogP contribution in [-0.4, -0.2) is 10.9 Å². The van der Waals surface area contributed by atoms with Gasteiger partial charge >= 0.3 is 0 Å². The molecular weight excluding hydrogens is 260 g/mol. The molecule has 0 saturated carbocycles. The number of aryl methyl sites for hydroxylation is 1. The molecule has 0 unspecified atom stereocenters. The van der Waals surface area contributed by atoms with Gasteiger partial charge in [-0.2, -0.15) is 0 Å². The monoisotopic (exact) mass is 274 g/mol. The molecule has 0 aliphatic heterocycles. The van der Waals surface area contributed by atoms with E-state index >= 15 is 0 Å². The summed E-state index contributed by atoms with van der Waals surface area (Å²) in [6.45, 7) is 2.62. The van der Waals surface area contributed by atoms with E-state index in [0.717, 1.165) is 12.0 Å². The van der Waals surface area contributed by atoms with Gasteiger partial charge in [0.2, 0.25) is 0 Å². The van der Waals surface area contributed by atoms with Crippen molar-refractivity contribution in [3.63, 3.8) is 0 Å². The minimum atomic E-state index is -0.149. The summed E-state index contributed by atoms with van der Waals surface area (Å²) in [4.78, 5) is 15.7. The van der Waals surface area contributed by atoms with Crippen molar-refractivity contribution >= 4 is 17.5 Å². The molecule has 98 valence electrons. The summed E-state index contributed by atoms with van der Waals surface area (Å²) in [5, 5.41) is 3.17. The molecule has 0 radical (unpaired) electrons. The first kappa shape index (κ1) is 13.6. The van der Waals surface area contributed by atoms with Gasteiger partial charge in [-0.05, 0) is 29.7 Å². The van der Waals surface area contributed by atoms with E-state index in [4.69, 9.17) is 11.6 Å². The Morgan fingerprint density at radius 3 is 2.53 bits per heavy atom. The fourth-order valence-electron chi connectivity index (χ4n) is 1.72. The van der Waals surface area contributed by atoms with E-state index in [2.05, 4.69) is 29.4 Å². The Morgan fingerprint density at radius 1 is 1.21 bits per heavy atom. The number of hydrogen-bond donors (Lipinski definition) is 1. The molecule has 1 amide bonds. The van der Waals surface area contributed by atoms with Gasteiger partial charge in [-0.25, -0.2) is 4.98 Å². The maximum atomic E-state index is 11.9. The number of halogens is 1. The Kier molecular flexibility index (Phi) is 4.53. The topological polar surface area (TPSA) is 42.0 Å². The number of amides is 1. The van der Waals surface area contributed by atoms with Gasteiger partial charge in [0.05, 0.1) is 0 Å². The van der Waals surface area contributed by atoms with Crippen LogP contribution >= 0.6 is 11.6 Å². The SMILES string of the molecule is CCc1ccc(CNC(=O)c2ccnc(Cl)c2)cc1. The molecule has 0 bridgehead atoms. The summed E-state index contributed by atoms with van der Waals surface area (Å²) in [6, 6.07) is 11.4. The van der Waals surface area contributed by atoms with Crippen molar-refractivity contribution < 1.29 is 4.79 Å². The van der Waals surface area contributed by atoms with Crippen LogP contribution in [0.25, 0.3) is 0 Å². The molecular formula is C15H15ClN2O. The molecule has 0 atom stereocenters. The summed E-state index contributed by atoms with van der Waals surface area (Å²) in [7, 11) is 0. The summed E-state index contributed by atoms with van der Waals surface area (Å²) >= 11 is 5.75. The first-order valence-electron chi connectivity index (χ1n) is 6.16. The quantitative estimate of drug-likeness (QED) is 0.870. The summed E-state index contributed by atoms with van der Waals surface area (Å²) in [5.74, 6) is -0.149. The van der Waals surface area contributed by atoms with E-state index in [9.17, 15) is 4.79 Å². The van der Waals surface area contributed by atoms with E-state index in [1.165, 1.54) is 11.8 Å². The molecule has 2 aromatic rings. The minimum Gasteiger partial charge on any atom is -0.348 e. The van der Waals surface area contributed by atoms with Gasteiger partial charge in [0.25, 0.3) is 5.91 Å². The molecule has 4 heteroatoms. The fraction of sp³-hybridized carbons (Fsp3) is 0.200. The normalized spacial score (nSPS) is 10.2. The van der Waals surface area contributed by atoms with Crippen molar-refractivity contribution in [1.29, 1.82) is 0 Å². The Bertz CT molecular complexity index is 567. The second-order valence-corrected chi connectivity index (χ2v) is 4.61. The smallest absolute Gasteiger partial charge is 0.251 e. The molecule has 0 spiro atoms. The third kappa shape index (κ3) is 3.80. The molecule has 0 saturated heterocycles. The van der Waals surface area contributed by atoms with Crippen LogP contribution in [0.3, 0.4) is 0 Å². The van der Waals surface area contributed by atoms with E-state index in [1.807, 2.05) is 12.1 Å². The van der Waals surface area contributed by atoms with Gasteiger partial charge in [-0.3, -0.25) is 4.79 Å². The van der Waals surface area contributed by atoms with Crippen molar-refractivity contribution in [3.8, 4) is 0 Å². The number of carbonyl (C=O) groups is 1.